The van der Waals surface area contributed by atoms with Gasteiger partial charge in [0.2, 0.25) is 10.0 Å². The Morgan fingerprint density at radius 2 is 2.12 bits per heavy atom. The predicted molar refractivity (Wildman–Crippen MR) is 96.1 cm³/mol. The number of nitrogens with one attached hydrogen (secondary N) is 1. The van der Waals surface area contributed by atoms with Crippen molar-refractivity contribution < 1.29 is 13.2 Å². The van der Waals surface area contributed by atoms with Gasteiger partial charge in [-0.3, -0.25) is 9.30 Å². The SMILES string of the molecule is CCN(/C=C\CC1C=C(N(C)C2CCOCC2)NC=N1)S(C)(=O)=O. The van der Waals surface area contributed by atoms with Crippen molar-refractivity contribution in [3.8, 4) is 0 Å². The lowest BCUT2D eigenvalue weighted by molar-refractivity contribution is 0.0513. The lowest BCUT2D eigenvalue weighted by Gasteiger charge is -2.35. The number of hydrogen-bond donors (Lipinski definition) is 1. The molecule has 2 aliphatic heterocycles. The van der Waals surface area contributed by atoms with E-state index in [4.69, 9.17) is 4.74 Å². The molecule has 2 aliphatic rings. The van der Waals surface area contributed by atoms with E-state index in [0.717, 1.165) is 31.9 Å². The van der Waals surface area contributed by atoms with Crippen molar-refractivity contribution in [1.29, 1.82) is 0 Å². The van der Waals surface area contributed by atoms with Crippen LogP contribution >= 0.6 is 0 Å². The van der Waals surface area contributed by atoms with Crippen LogP contribution in [0.1, 0.15) is 26.2 Å². The van der Waals surface area contributed by atoms with Crippen molar-refractivity contribution in [3.63, 3.8) is 0 Å². The summed E-state index contributed by atoms with van der Waals surface area (Å²) in [5.41, 5.74) is 0. The number of rotatable bonds is 7. The Bertz CT molecular complexity index is 594. The largest absolute Gasteiger partial charge is 0.381 e. The third-order valence-corrected chi connectivity index (χ3v) is 5.57. The monoisotopic (exact) mass is 356 g/mol. The minimum absolute atomic E-state index is 0.0121. The summed E-state index contributed by atoms with van der Waals surface area (Å²) >= 11 is 0. The molecule has 1 unspecified atom stereocenters. The van der Waals surface area contributed by atoms with Crippen LogP contribution in [0.25, 0.3) is 0 Å². The van der Waals surface area contributed by atoms with Crippen molar-refractivity contribution >= 4 is 16.4 Å². The van der Waals surface area contributed by atoms with E-state index in [-0.39, 0.29) is 6.04 Å². The summed E-state index contributed by atoms with van der Waals surface area (Å²) in [6.45, 7) is 3.86. The lowest BCUT2D eigenvalue weighted by atomic mass is 10.1. The molecule has 0 aromatic carbocycles. The van der Waals surface area contributed by atoms with Gasteiger partial charge in [-0.05, 0) is 32.3 Å². The van der Waals surface area contributed by atoms with Gasteiger partial charge in [0.1, 0.15) is 5.82 Å². The highest BCUT2D eigenvalue weighted by Crippen LogP contribution is 2.18. The van der Waals surface area contributed by atoms with Crippen LogP contribution in [0.15, 0.2) is 29.2 Å². The van der Waals surface area contributed by atoms with Crippen molar-refractivity contribution in [2.45, 2.75) is 38.3 Å². The van der Waals surface area contributed by atoms with Crippen LogP contribution in [0.4, 0.5) is 0 Å². The average Bonchev–Trinajstić information content (AvgIpc) is 2.58. The van der Waals surface area contributed by atoms with E-state index in [1.807, 2.05) is 13.0 Å². The van der Waals surface area contributed by atoms with Gasteiger partial charge in [0.15, 0.2) is 0 Å². The second-order valence-corrected chi connectivity index (χ2v) is 8.02. The Hall–Kier alpha value is -1.54. The fraction of sp³-hybridized carbons (Fsp3) is 0.688. The standard InChI is InChI=1S/C16H28N4O3S/c1-4-20(24(3,21)22)9-5-6-14-12-16(18-13-17-14)19(2)15-7-10-23-11-8-15/h5,9,12-15H,4,6-8,10-11H2,1-3H3,(H,17,18)/b9-5-. The van der Waals surface area contributed by atoms with E-state index in [1.54, 1.807) is 12.5 Å². The lowest BCUT2D eigenvalue weighted by Crippen LogP contribution is -2.41. The zero-order valence-electron chi connectivity index (χ0n) is 14.7. The summed E-state index contributed by atoms with van der Waals surface area (Å²) in [6.07, 6.45) is 11.2. The Labute approximate surface area is 145 Å². The van der Waals surface area contributed by atoms with E-state index in [0.29, 0.717) is 19.0 Å². The van der Waals surface area contributed by atoms with E-state index in [9.17, 15) is 8.42 Å². The summed E-state index contributed by atoms with van der Waals surface area (Å²) in [7, 11) is -1.11. The first kappa shape index (κ1) is 18.8. The molecule has 0 aromatic heterocycles. The number of hydrogen-bond acceptors (Lipinski definition) is 6. The maximum atomic E-state index is 11.6. The number of aliphatic imine (C=N–C) groups is 1. The third kappa shape index (κ3) is 5.24. The molecule has 0 amide bonds. The van der Waals surface area contributed by atoms with Gasteiger partial charge in [0.25, 0.3) is 0 Å². The molecule has 0 bridgehead atoms. The second kappa shape index (κ2) is 8.53. The Balaban J connectivity index is 1.94. The molecule has 0 aromatic rings. The summed E-state index contributed by atoms with van der Waals surface area (Å²) < 4.78 is 29.9. The molecule has 24 heavy (non-hydrogen) atoms. The van der Waals surface area contributed by atoms with Gasteiger partial charge < -0.3 is 15.0 Å². The van der Waals surface area contributed by atoms with Crippen molar-refractivity contribution in [3.05, 3.63) is 24.2 Å². The Kier molecular flexibility index (Phi) is 6.68. The highest BCUT2D eigenvalue weighted by atomic mass is 32.2. The van der Waals surface area contributed by atoms with Crippen LogP contribution in [-0.4, -0.2) is 69.1 Å². The van der Waals surface area contributed by atoms with Crippen molar-refractivity contribution in [2.75, 3.05) is 33.1 Å². The van der Waals surface area contributed by atoms with Crippen LogP contribution in [0.2, 0.25) is 0 Å². The van der Waals surface area contributed by atoms with Crippen molar-refractivity contribution in [1.82, 2.24) is 14.5 Å². The fourth-order valence-corrected chi connectivity index (χ4v) is 3.63. The smallest absolute Gasteiger partial charge is 0.231 e. The molecule has 1 saturated heterocycles. The zero-order chi connectivity index (χ0) is 17.6. The number of sulfonamides is 1. The van der Waals surface area contributed by atoms with Crippen LogP contribution < -0.4 is 5.32 Å². The van der Waals surface area contributed by atoms with E-state index < -0.39 is 10.0 Å². The molecule has 0 spiro atoms. The summed E-state index contributed by atoms with van der Waals surface area (Å²) in [5.74, 6) is 1.05. The molecule has 136 valence electrons. The molecular formula is C16H28N4O3S. The summed E-state index contributed by atoms with van der Waals surface area (Å²) in [5, 5.41) is 3.20. The first-order chi connectivity index (χ1) is 11.4. The van der Waals surface area contributed by atoms with Gasteiger partial charge in [-0.1, -0.05) is 6.08 Å². The zero-order valence-corrected chi connectivity index (χ0v) is 15.5. The normalized spacial score (nSPS) is 22.3. The molecule has 7 nitrogen and oxygen atoms in total. The highest BCUT2D eigenvalue weighted by molar-refractivity contribution is 7.88. The molecule has 2 rings (SSSR count). The maximum absolute atomic E-state index is 11.6. The number of nitrogens with zero attached hydrogens (tertiary/aromatic N) is 3. The summed E-state index contributed by atoms with van der Waals surface area (Å²) in [6, 6.07) is 0.485. The highest BCUT2D eigenvalue weighted by Gasteiger charge is 2.21. The third-order valence-electron chi connectivity index (χ3n) is 4.33. The molecule has 1 atom stereocenters. The first-order valence-corrected chi connectivity index (χ1v) is 10.2. The van der Waals surface area contributed by atoms with Crippen LogP contribution in [0.5, 0.6) is 0 Å². The number of ether oxygens (including phenoxy) is 1. The Morgan fingerprint density at radius 1 is 1.42 bits per heavy atom. The van der Waals surface area contributed by atoms with E-state index in [1.165, 1.54) is 10.6 Å². The van der Waals surface area contributed by atoms with Gasteiger partial charge in [-0.15, -0.1) is 0 Å². The first-order valence-electron chi connectivity index (χ1n) is 8.36. The summed E-state index contributed by atoms with van der Waals surface area (Å²) in [4.78, 5) is 6.66. The molecule has 2 heterocycles. The van der Waals surface area contributed by atoms with E-state index >= 15 is 0 Å². The van der Waals surface area contributed by atoms with Gasteiger partial charge in [-0.25, -0.2) is 8.42 Å². The average molecular weight is 356 g/mol. The topological polar surface area (TPSA) is 74.2 Å². The van der Waals surface area contributed by atoms with Crippen LogP contribution in [0, 0.1) is 0 Å². The van der Waals surface area contributed by atoms with Crippen molar-refractivity contribution in [2.24, 2.45) is 4.99 Å². The molecule has 1 N–H and O–H groups in total. The maximum Gasteiger partial charge on any atom is 0.231 e. The van der Waals surface area contributed by atoms with Crippen LogP contribution in [-0.2, 0) is 14.8 Å². The minimum atomic E-state index is -3.20. The predicted octanol–water partition coefficient (Wildman–Crippen LogP) is 1.12. The van der Waals surface area contributed by atoms with E-state index in [2.05, 4.69) is 28.3 Å². The molecular weight excluding hydrogens is 328 g/mol. The molecule has 0 saturated carbocycles. The minimum Gasteiger partial charge on any atom is -0.381 e. The molecule has 0 radical (unpaired) electrons. The quantitative estimate of drug-likeness (QED) is 0.740. The fourth-order valence-electron chi connectivity index (χ4n) is 2.86. The van der Waals surface area contributed by atoms with Gasteiger partial charge in [0.05, 0.1) is 18.6 Å². The van der Waals surface area contributed by atoms with Gasteiger partial charge in [-0.2, -0.15) is 0 Å². The second-order valence-electron chi connectivity index (χ2n) is 6.08. The molecule has 8 heteroatoms. The molecule has 0 aliphatic carbocycles. The van der Waals surface area contributed by atoms with Crippen LogP contribution in [0.3, 0.4) is 0 Å². The Morgan fingerprint density at radius 3 is 2.75 bits per heavy atom. The van der Waals surface area contributed by atoms with Gasteiger partial charge in [0, 0.05) is 39.0 Å². The van der Waals surface area contributed by atoms with Gasteiger partial charge >= 0.3 is 0 Å². The molecule has 1 fully saturated rings.